The molecule has 0 aliphatic rings. The van der Waals surface area contributed by atoms with Crippen molar-refractivity contribution in [3.05, 3.63) is 29.2 Å². The maximum atomic E-state index is 11.7. The van der Waals surface area contributed by atoms with Gasteiger partial charge in [-0.25, -0.2) is 9.78 Å². The van der Waals surface area contributed by atoms with Gasteiger partial charge in [-0.15, -0.1) is 0 Å². The molecule has 0 aliphatic heterocycles. The van der Waals surface area contributed by atoms with Crippen LogP contribution in [0.25, 0.3) is 21.9 Å². The summed E-state index contributed by atoms with van der Waals surface area (Å²) in [7, 11) is 2.86. The fourth-order valence-corrected chi connectivity index (χ4v) is 2.26. The Morgan fingerprint density at radius 3 is 2.80 bits per heavy atom. The van der Waals surface area contributed by atoms with E-state index in [9.17, 15) is 4.79 Å². The zero-order chi connectivity index (χ0) is 14.3. The SMILES string of the molecule is COC(=O)c1cc(OC)c2[nH]c3nc(Cl)ncc3c2c1. The van der Waals surface area contributed by atoms with Gasteiger partial charge >= 0.3 is 5.97 Å². The fourth-order valence-electron chi connectivity index (χ4n) is 2.12. The monoisotopic (exact) mass is 291 g/mol. The lowest BCUT2D eigenvalue weighted by Crippen LogP contribution is -2.01. The molecule has 20 heavy (non-hydrogen) atoms. The lowest BCUT2D eigenvalue weighted by Gasteiger charge is -2.05. The number of rotatable bonds is 2. The smallest absolute Gasteiger partial charge is 0.338 e. The molecule has 102 valence electrons. The number of hydrogen-bond acceptors (Lipinski definition) is 5. The Morgan fingerprint density at radius 1 is 1.30 bits per heavy atom. The normalized spacial score (nSPS) is 10.9. The first kappa shape index (κ1) is 12.7. The summed E-state index contributed by atoms with van der Waals surface area (Å²) in [4.78, 5) is 22.9. The fraction of sp³-hybridized carbons (Fsp3) is 0.154. The molecule has 1 N–H and O–H groups in total. The van der Waals surface area contributed by atoms with E-state index in [-0.39, 0.29) is 5.28 Å². The van der Waals surface area contributed by atoms with Gasteiger partial charge in [-0.1, -0.05) is 0 Å². The Morgan fingerprint density at radius 2 is 2.10 bits per heavy atom. The molecule has 0 fully saturated rings. The molecule has 0 aliphatic carbocycles. The third kappa shape index (κ3) is 1.85. The van der Waals surface area contributed by atoms with Crippen LogP contribution in [-0.2, 0) is 4.74 Å². The molecule has 0 radical (unpaired) electrons. The van der Waals surface area contributed by atoms with Gasteiger partial charge in [0.05, 0.1) is 25.3 Å². The first-order valence-corrected chi connectivity index (χ1v) is 6.12. The van der Waals surface area contributed by atoms with Crippen LogP contribution < -0.4 is 4.74 Å². The summed E-state index contributed by atoms with van der Waals surface area (Å²) in [6, 6.07) is 3.32. The highest BCUT2D eigenvalue weighted by Gasteiger charge is 2.15. The second-order valence-electron chi connectivity index (χ2n) is 4.12. The molecule has 0 unspecified atom stereocenters. The van der Waals surface area contributed by atoms with Crippen LogP contribution in [-0.4, -0.2) is 35.1 Å². The minimum atomic E-state index is -0.436. The Kier molecular flexibility index (Phi) is 2.94. The Hall–Kier alpha value is -2.34. The molecule has 0 saturated heterocycles. The van der Waals surface area contributed by atoms with Crippen LogP contribution in [0, 0.1) is 0 Å². The largest absolute Gasteiger partial charge is 0.495 e. The summed E-state index contributed by atoms with van der Waals surface area (Å²) >= 11 is 5.78. The number of H-pyrrole nitrogens is 1. The van der Waals surface area contributed by atoms with E-state index in [1.165, 1.54) is 14.2 Å². The number of methoxy groups -OCH3 is 2. The third-order valence-corrected chi connectivity index (χ3v) is 3.22. The van der Waals surface area contributed by atoms with Crippen molar-refractivity contribution in [2.45, 2.75) is 0 Å². The van der Waals surface area contributed by atoms with Gasteiger partial charge in [0, 0.05) is 17.0 Å². The summed E-state index contributed by atoms with van der Waals surface area (Å²) in [6.45, 7) is 0. The van der Waals surface area contributed by atoms with Gasteiger partial charge in [0.1, 0.15) is 11.4 Å². The van der Waals surface area contributed by atoms with Crippen molar-refractivity contribution >= 4 is 39.5 Å². The number of aromatic nitrogens is 3. The van der Waals surface area contributed by atoms with E-state index in [0.717, 1.165) is 16.3 Å². The van der Waals surface area contributed by atoms with Crippen molar-refractivity contribution < 1.29 is 14.3 Å². The number of hydrogen-bond donors (Lipinski definition) is 1. The Labute approximate surface area is 118 Å². The number of carbonyl (C=O) groups is 1. The Balaban J connectivity index is 2.39. The average Bonchev–Trinajstić information content (AvgIpc) is 2.82. The number of nitrogens with one attached hydrogen (secondary N) is 1. The van der Waals surface area contributed by atoms with E-state index in [1.807, 2.05) is 0 Å². The second-order valence-corrected chi connectivity index (χ2v) is 4.46. The summed E-state index contributed by atoms with van der Waals surface area (Å²) in [6.07, 6.45) is 1.60. The van der Waals surface area contributed by atoms with Crippen LogP contribution in [0.3, 0.4) is 0 Å². The van der Waals surface area contributed by atoms with Gasteiger partial charge < -0.3 is 14.5 Å². The average molecular weight is 292 g/mol. The number of ether oxygens (including phenoxy) is 2. The highest BCUT2D eigenvalue weighted by atomic mass is 35.5. The van der Waals surface area contributed by atoms with Crippen LogP contribution in [0.2, 0.25) is 5.28 Å². The highest BCUT2D eigenvalue weighted by molar-refractivity contribution is 6.28. The van der Waals surface area contributed by atoms with Gasteiger partial charge in [0.25, 0.3) is 0 Å². The summed E-state index contributed by atoms with van der Waals surface area (Å²) in [5.41, 5.74) is 1.71. The van der Waals surface area contributed by atoms with Crippen LogP contribution in [0.5, 0.6) is 5.75 Å². The standard InChI is InChI=1S/C13H10ClN3O3/c1-19-9-4-6(12(18)20-2)3-7-8-5-15-13(14)17-11(8)16-10(7)9/h3-5H,1-2H3,(H,15,16,17). The minimum Gasteiger partial charge on any atom is -0.495 e. The first-order chi connectivity index (χ1) is 9.63. The minimum absolute atomic E-state index is 0.149. The summed E-state index contributed by atoms with van der Waals surface area (Å²) in [5.74, 6) is 0.0893. The molecule has 0 spiro atoms. The number of esters is 1. The maximum absolute atomic E-state index is 11.7. The van der Waals surface area contributed by atoms with Crippen molar-refractivity contribution in [2.24, 2.45) is 0 Å². The van der Waals surface area contributed by atoms with Gasteiger partial charge in [0.2, 0.25) is 5.28 Å². The van der Waals surface area contributed by atoms with Gasteiger partial charge in [-0.3, -0.25) is 0 Å². The number of fused-ring (bicyclic) bond motifs is 3. The molecule has 0 atom stereocenters. The summed E-state index contributed by atoms with van der Waals surface area (Å²) in [5, 5.41) is 1.68. The van der Waals surface area contributed by atoms with E-state index in [1.54, 1.807) is 18.3 Å². The lowest BCUT2D eigenvalue weighted by molar-refractivity contribution is 0.0600. The van der Waals surface area contributed by atoms with Crippen molar-refractivity contribution in [3.63, 3.8) is 0 Å². The van der Waals surface area contributed by atoms with Crippen LogP contribution >= 0.6 is 11.6 Å². The highest BCUT2D eigenvalue weighted by Crippen LogP contribution is 2.32. The molecular weight excluding hydrogens is 282 g/mol. The van der Waals surface area contributed by atoms with Crippen LogP contribution in [0.4, 0.5) is 0 Å². The van der Waals surface area contributed by atoms with Crippen LogP contribution in [0.15, 0.2) is 18.3 Å². The first-order valence-electron chi connectivity index (χ1n) is 5.74. The van der Waals surface area contributed by atoms with Gasteiger partial charge in [0.15, 0.2) is 0 Å². The molecule has 1 aromatic carbocycles. The molecule has 6 nitrogen and oxygen atoms in total. The van der Waals surface area contributed by atoms with E-state index in [0.29, 0.717) is 17.0 Å². The molecule has 2 heterocycles. The predicted octanol–water partition coefficient (Wildman–Crippen LogP) is 2.56. The molecule has 3 aromatic rings. The van der Waals surface area contributed by atoms with E-state index >= 15 is 0 Å². The molecule has 0 amide bonds. The van der Waals surface area contributed by atoms with E-state index in [4.69, 9.17) is 21.1 Å². The number of halogens is 1. The van der Waals surface area contributed by atoms with Crippen molar-refractivity contribution in [1.82, 2.24) is 15.0 Å². The van der Waals surface area contributed by atoms with E-state index in [2.05, 4.69) is 15.0 Å². The number of nitrogens with zero attached hydrogens (tertiary/aromatic N) is 2. The van der Waals surface area contributed by atoms with Gasteiger partial charge in [-0.05, 0) is 23.7 Å². The van der Waals surface area contributed by atoms with Crippen LogP contribution in [0.1, 0.15) is 10.4 Å². The molecule has 2 aromatic heterocycles. The topological polar surface area (TPSA) is 77.1 Å². The molecule has 0 bridgehead atoms. The van der Waals surface area contributed by atoms with Crippen molar-refractivity contribution in [1.29, 1.82) is 0 Å². The van der Waals surface area contributed by atoms with Crippen molar-refractivity contribution in [3.8, 4) is 5.75 Å². The van der Waals surface area contributed by atoms with E-state index < -0.39 is 5.97 Å². The molecule has 3 rings (SSSR count). The lowest BCUT2D eigenvalue weighted by atomic mass is 10.1. The maximum Gasteiger partial charge on any atom is 0.338 e. The Bertz CT molecular complexity index is 828. The predicted molar refractivity (Wildman–Crippen MR) is 74.3 cm³/mol. The second kappa shape index (κ2) is 4.64. The quantitative estimate of drug-likeness (QED) is 0.580. The molecule has 0 saturated carbocycles. The van der Waals surface area contributed by atoms with Crippen molar-refractivity contribution in [2.75, 3.05) is 14.2 Å². The number of aromatic amines is 1. The molecule has 7 heteroatoms. The number of carbonyl (C=O) groups excluding carboxylic acids is 1. The number of benzene rings is 1. The third-order valence-electron chi connectivity index (χ3n) is 3.04. The zero-order valence-corrected chi connectivity index (χ0v) is 11.5. The van der Waals surface area contributed by atoms with Gasteiger partial charge in [-0.2, -0.15) is 4.98 Å². The summed E-state index contributed by atoms with van der Waals surface area (Å²) < 4.78 is 10.0. The molecular formula is C13H10ClN3O3. The zero-order valence-electron chi connectivity index (χ0n) is 10.7.